The molecule has 0 spiro atoms. The van der Waals surface area contributed by atoms with Gasteiger partial charge in [-0.05, 0) is 37.8 Å². The van der Waals surface area contributed by atoms with Crippen LogP contribution in [0, 0.1) is 6.92 Å². The molecule has 1 aromatic carbocycles. The van der Waals surface area contributed by atoms with Crippen LogP contribution in [0.4, 0.5) is 0 Å². The van der Waals surface area contributed by atoms with Gasteiger partial charge in [0, 0.05) is 5.56 Å². The topological polar surface area (TPSA) is 63.6 Å². The Morgan fingerprint density at radius 1 is 1.32 bits per heavy atom. The third kappa shape index (κ3) is 6.40. The second kappa shape index (κ2) is 7.31. The molecule has 0 fully saturated rings. The standard InChI is InChI=1S/C14H20O4S/c1-3-13-8-7-12(2)11-14(13)18-9-5-4-6-10-19(15,16)17/h3,7-8,11H,1,4-6,9-10H2,2H3,(H,15,16,17). The molecule has 106 valence electrons. The van der Waals surface area contributed by atoms with Gasteiger partial charge in [-0.2, -0.15) is 8.42 Å². The highest BCUT2D eigenvalue weighted by Gasteiger charge is 2.04. The zero-order valence-electron chi connectivity index (χ0n) is 11.1. The number of benzene rings is 1. The van der Waals surface area contributed by atoms with E-state index in [1.54, 1.807) is 6.08 Å². The molecule has 0 aliphatic rings. The van der Waals surface area contributed by atoms with Gasteiger partial charge in [-0.15, -0.1) is 0 Å². The molecule has 1 N–H and O–H groups in total. The van der Waals surface area contributed by atoms with Crippen LogP contribution in [0.3, 0.4) is 0 Å². The van der Waals surface area contributed by atoms with Crippen molar-refractivity contribution >= 4 is 16.2 Å². The molecule has 19 heavy (non-hydrogen) atoms. The van der Waals surface area contributed by atoms with Crippen LogP contribution < -0.4 is 4.74 Å². The average molecular weight is 284 g/mol. The molecular weight excluding hydrogens is 264 g/mol. The predicted octanol–water partition coefficient (Wildman–Crippen LogP) is 3.07. The first-order chi connectivity index (χ1) is 8.92. The van der Waals surface area contributed by atoms with Crippen molar-refractivity contribution < 1.29 is 17.7 Å². The Kier molecular flexibility index (Phi) is 6.05. The van der Waals surface area contributed by atoms with E-state index >= 15 is 0 Å². The van der Waals surface area contributed by atoms with Gasteiger partial charge in [0.15, 0.2) is 0 Å². The van der Waals surface area contributed by atoms with Gasteiger partial charge in [0.2, 0.25) is 0 Å². The largest absolute Gasteiger partial charge is 0.493 e. The number of ether oxygens (including phenoxy) is 1. The first-order valence-electron chi connectivity index (χ1n) is 6.23. The van der Waals surface area contributed by atoms with Crippen molar-refractivity contribution in [1.29, 1.82) is 0 Å². The van der Waals surface area contributed by atoms with Crippen LogP contribution in [-0.4, -0.2) is 25.3 Å². The Hall–Kier alpha value is -1.33. The maximum atomic E-state index is 10.5. The minimum Gasteiger partial charge on any atom is -0.493 e. The summed E-state index contributed by atoms with van der Waals surface area (Å²) in [6, 6.07) is 5.90. The van der Waals surface area contributed by atoms with Crippen molar-refractivity contribution in [2.45, 2.75) is 26.2 Å². The van der Waals surface area contributed by atoms with Gasteiger partial charge in [-0.25, -0.2) is 0 Å². The van der Waals surface area contributed by atoms with E-state index < -0.39 is 10.1 Å². The van der Waals surface area contributed by atoms with Gasteiger partial charge in [0.05, 0.1) is 12.4 Å². The SMILES string of the molecule is C=Cc1ccc(C)cc1OCCCCCS(=O)(=O)O. The van der Waals surface area contributed by atoms with Gasteiger partial charge in [-0.1, -0.05) is 24.8 Å². The normalized spacial score (nSPS) is 11.3. The number of rotatable bonds is 8. The fraction of sp³-hybridized carbons (Fsp3) is 0.429. The summed E-state index contributed by atoms with van der Waals surface area (Å²) in [5.74, 6) is 0.611. The quantitative estimate of drug-likeness (QED) is 0.588. The number of hydrogen-bond donors (Lipinski definition) is 1. The molecule has 0 aliphatic carbocycles. The summed E-state index contributed by atoms with van der Waals surface area (Å²) in [6.07, 6.45) is 3.65. The van der Waals surface area contributed by atoms with E-state index in [0.29, 0.717) is 19.4 Å². The molecule has 5 heteroatoms. The van der Waals surface area contributed by atoms with Crippen LogP contribution in [0.25, 0.3) is 6.08 Å². The second-order valence-electron chi connectivity index (χ2n) is 4.44. The van der Waals surface area contributed by atoms with E-state index in [0.717, 1.165) is 23.3 Å². The summed E-state index contributed by atoms with van der Waals surface area (Å²) in [7, 11) is -3.83. The predicted molar refractivity (Wildman–Crippen MR) is 77.0 cm³/mol. The molecule has 4 nitrogen and oxygen atoms in total. The maximum absolute atomic E-state index is 10.5. The van der Waals surface area contributed by atoms with E-state index in [2.05, 4.69) is 6.58 Å². The van der Waals surface area contributed by atoms with Gasteiger partial charge < -0.3 is 4.74 Å². The minimum atomic E-state index is -3.83. The monoisotopic (exact) mass is 284 g/mol. The second-order valence-corrected chi connectivity index (χ2v) is 6.01. The summed E-state index contributed by atoms with van der Waals surface area (Å²) in [6.45, 7) is 6.25. The van der Waals surface area contributed by atoms with E-state index in [1.807, 2.05) is 25.1 Å². The van der Waals surface area contributed by atoms with Crippen LogP contribution in [0.1, 0.15) is 30.4 Å². The van der Waals surface area contributed by atoms with E-state index in [4.69, 9.17) is 9.29 Å². The van der Waals surface area contributed by atoms with Crippen molar-refractivity contribution in [3.63, 3.8) is 0 Å². The van der Waals surface area contributed by atoms with Crippen LogP contribution >= 0.6 is 0 Å². The third-order valence-electron chi connectivity index (χ3n) is 2.69. The fourth-order valence-electron chi connectivity index (χ4n) is 1.68. The molecule has 0 aromatic heterocycles. The van der Waals surface area contributed by atoms with Crippen molar-refractivity contribution in [2.24, 2.45) is 0 Å². The Morgan fingerprint density at radius 2 is 2.05 bits per heavy atom. The molecule has 0 saturated heterocycles. The lowest BCUT2D eigenvalue weighted by Gasteiger charge is -2.10. The van der Waals surface area contributed by atoms with Gasteiger partial charge in [0.1, 0.15) is 5.75 Å². The average Bonchev–Trinajstić information content (AvgIpc) is 2.32. The first-order valence-corrected chi connectivity index (χ1v) is 7.84. The Balaban J connectivity index is 2.33. The Labute approximate surface area is 114 Å². The molecule has 0 atom stereocenters. The lowest BCUT2D eigenvalue weighted by molar-refractivity contribution is 0.305. The van der Waals surface area contributed by atoms with E-state index in [1.165, 1.54) is 0 Å². The van der Waals surface area contributed by atoms with Crippen molar-refractivity contribution in [3.8, 4) is 5.75 Å². The summed E-state index contributed by atoms with van der Waals surface area (Å²) in [5.41, 5.74) is 2.07. The van der Waals surface area contributed by atoms with E-state index in [-0.39, 0.29) is 5.75 Å². The summed E-state index contributed by atoms with van der Waals surface area (Å²) in [4.78, 5) is 0. The zero-order valence-corrected chi connectivity index (χ0v) is 11.9. The molecule has 1 aromatic rings. The zero-order chi connectivity index (χ0) is 14.3. The third-order valence-corrected chi connectivity index (χ3v) is 3.50. The maximum Gasteiger partial charge on any atom is 0.264 e. The van der Waals surface area contributed by atoms with Gasteiger partial charge in [-0.3, -0.25) is 4.55 Å². The van der Waals surface area contributed by atoms with Crippen LogP contribution in [0.2, 0.25) is 0 Å². The van der Waals surface area contributed by atoms with Crippen molar-refractivity contribution in [3.05, 3.63) is 35.9 Å². The van der Waals surface area contributed by atoms with Crippen LogP contribution in [-0.2, 0) is 10.1 Å². The highest BCUT2D eigenvalue weighted by atomic mass is 32.2. The number of aryl methyl sites for hydroxylation is 1. The molecule has 0 amide bonds. The van der Waals surface area contributed by atoms with Crippen molar-refractivity contribution in [2.75, 3.05) is 12.4 Å². The lowest BCUT2D eigenvalue weighted by Crippen LogP contribution is -2.05. The molecule has 0 unspecified atom stereocenters. The molecule has 0 bridgehead atoms. The summed E-state index contributed by atoms with van der Waals surface area (Å²) in [5, 5.41) is 0. The Morgan fingerprint density at radius 3 is 2.68 bits per heavy atom. The van der Waals surface area contributed by atoms with Gasteiger partial charge in [0.25, 0.3) is 10.1 Å². The molecule has 0 saturated carbocycles. The molecule has 1 rings (SSSR count). The van der Waals surface area contributed by atoms with Gasteiger partial charge >= 0.3 is 0 Å². The van der Waals surface area contributed by atoms with E-state index in [9.17, 15) is 8.42 Å². The Bertz CT molecular complexity index is 520. The highest BCUT2D eigenvalue weighted by molar-refractivity contribution is 7.85. The van der Waals surface area contributed by atoms with Crippen molar-refractivity contribution in [1.82, 2.24) is 0 Å². The fourth-order valence-corrected chi connectivity index (χ4v) is 2.25. The molecule has 0 aliphatic heterocycles. The summed E-state index contributed by atoms with van der Waals surface area (Å²) >= 11 is 0. The molecule has 0 heterocycles. The number of unbranched alkanes of at least 4 members (excludes halogenated alkanes) is 2. The van der Waals surface area contributed by atoms with Crippen LogP contribution in [0.15, 0.2) is 24.8 Å². The summed E-state index contributed by atoms with van der Waals surface area (Å²) < 4.78 is 35.3. The minimum absolute atomic E-state index is 0.185. The highest BCUT2D eigenvalue weighted by Crippen LogP contribution is 2.21. The molecule has 0 radical (unpaired) electrons. The van der Waals surface area contributed by atoms with Crippen LogP contribution in [0.5, 0.6) is 5.75 Å². The lowest BCUT2D eigenvalue weighted by atomic mass is 10.1. The first kappa shape index (κ1) is 15.7. The number of hydrogen-bond acceptors (Lipinski definition) is 3. The molecular formula is C14H20O4S. The smallest absolute Gasteiger partial charge is 0.264 e.